The molecule has 1 saturated carbocycles. The monoisotopic (exact) mass is 283 g/mol. The van der Waals surface area contributed by atoms with Crippen LogP contribution in [0, 0.1) is 5.92 Å². The molecule has 0 radical (unpaired) electrons. The number of nitrogens with zero attached hydrogens (tertiary/aromatic N) is 2. The van der Waals surface area contributed by atoms with Crippen molar-refractivity contribution in [2.45, 2.75) is 51.5 Å². The van der Waals surface area contributed by atoms with Crippen LogP contribution >= 0.6 is 0 Å². The number of para-hydroxylation sites is 1. The van der Waals surface area contributed by atoms with Crippen molar-refractivity contribution in [3.8, 4) is 0 Å². The third kappa shape index (κ3) is 3.46. The van der Waals surface area contributed by atoms with E-state index >= 15 is 0 Å². The molecule has 3 heteroatoms. The first-order valence-corrected chi connectivity index (χ1v) is 8.21. The molecule has 0 spiro atoms. The Balaban J connectivity index is 1.66. The number of anilines is 2. The van der Waals surface area contributed by atoms with Crippen LogP contribution in [0.3, 0.4) is 0 Å². The maximum atomic E-state index is 4.49. The topological polar surface area (TPSA) is 29.9 Å². The summed E-state index contributed by atoms with van der Waals surface area (Å²) in [5.41, 5.74) is 1.10. The molecule has 0 atom stereocenters. The lowest BCUT2D eigenvalue weighted by atomic mass is 9.83. The van der Waals surface area contributed by atoms with E-state index < -0.39 is 0 Å². The summed E-state index contributed by atoms with van der Waals surface area (Å²) in [4.78, 5) is 4.49. The zero-order chi connectivity index (χ0) is 14.5. The van der Waals surface area contributed by atoms with Crippen LogP contribution in [0.1, 0.15) is 51.5 Å². The first-order valence-electron chi connectivity index (χ1n) is 8.21. The molecule has 21 heavy (non-hydrogen) atoms. The van der Waals surface area contributed by atoms with E-state index in [0.29, 0.717) is 6.04 Å². The SMILES string of the molecule is CCCC1CCC(n2ccnc2Nc2ccccc2)CC1. The molecule has 1 aromatic heterocycles. The maximum absolute atomic E-state index is 4.49. The fourth-order valence-corrected chi connectivity index (χ4v) is 3.48. The van der Waals surface area contributed by atoms with Crippen LogP contribution in [0.25, 0.3) is 0 Å². The van der Waals surface area contributed by atoms with E-state index in [9.17, 15) is 0 Å². The summed E-state index contributed by atoms with van der Waals surface area (Å²) in [6.07, 6.45) is 12.0. The Morgan fingerprint density at radius 3 is 2.62 bits per heavy atom. The van der Waals surface area contributed by atoms with Crippen LogP contribution in [-0.2, 0) is 0 Å². The van der Waals surface area contributed by atoms with Gasteiger partial charge in [0.1, 0.15) is 0 Å². The molecule has 0 aliphatic heterocycles. The smallest absolute Gasteiger partial charge is 0.207 e. The van der Waals surface area contributed by atoms with E-state index in [4.69, 9.17) is 0 Å². The Morgan fingerprint density at radius 1 is 1.14 bits per heavy atom. The van der Waals surface area contributed by atoms with Crippen LogP contribution in [0.2, 0.25) is 0 Å². The Hall–Kier alpha value is -1.77. The highest BCUT2D eigenvalue weighted by Crippen LogP contribution is 2.35. The molecule has 0 saturated heterocycles. The van der Waals surface area contributed by atoms with Gasteiger partial charge in [0.25, 0.3) is 0 Å². The molecule has 1 fully saturated rings. The molecule has 1 aliphatic carbocycles. The fraction of sp³-hybridized carbons (Fsp3) is 0.500. The van der Waals surface area contributed by atoms with Gasteiger partial charge in [0.15, 0.2) is 0 Å². The Morgan fingerprint density at radius 2 is 1.90 bits per heavy atom. The number of hydrogen-bond donors (Lipinski definition) is 1. The van der Waals surface area contributed by atoms with Crippen molar-refractivity contribution in [1.29, 1.82) is 0 Å². The largest absolute Gasteiger partial charge is 0.326 e. The van der Waals surface area contributed by atoms with Crippen LogP contribution in [0.4, 0.5) is 11.6 Å². The average molecular weight is 283 g/mol. The number of imidazole rings is 1. The molecule has 3 rings (SSSR count). The van der Waals surface area contributed by atoms with Gasteiger partial charge in [-0.3, -0.25) is 0 Å². The molecule has 1 aromatic carbocycles. The van der Waals surface area contributed by atoms with E-state index in [-0.39, 0.29) is 0 Å². The molecular weight excluding hydrogens is 258 g/mol. The highest BCUT2D eigenvalue weighted by atomic mass is 15.2. The van der Waals surface area contributed by atoms with E-state index in [0.717, 1.165) is 17.6 Å². The summed E-state index contributed by atoms with van der Waals surface area (Å²) < 4.78 is 2.33. The number of aromatic nitrogens is 2. The fourth-order valence-electron chi connectivity index (χ4n) is 3.48. The standard InChI is InChI=1S/C18H25N3/c1-2-6-15-9-11-17(12-10-15)21-14-13-19-18(21)20-16-7-4-3-5-8-16/h3-5,7-8,13-15,17H,2,6,9-12H2,1H3,(H,19,20). The molecule has 0 amide bonds. The third-order valence-corrected chi connectivity index (χ3v) is 4.61. The maximum Gasteiger partial charge on any atom is 0.207 e. The zero-order valence-electron chi connectivity index (χ0n) is 12.8. The minimum atomic E-state index is 0.604. The minimum absolute atomic E-state index is 0.604. The average Bonchev–Trinajstić information content (AvgIpc) is 2.98. The predicted octanol–water partition coefficient (Wildman–Crippen LogP) is 5.16. The zero-order valence-corrected chi connectivity index (χ0v) is 12.8. The molecule has 0 unspecified atom stereocenters. The van der Waals surface area contributed by atoms with Gasteiger partial charge < -0.3 is 9.88 Å². The summed E-state index contributed by atoms with van der Waals surface area (Å²) in [5, 5.41) is 3.44. The van der Waals surface area contributed by atoms with Gasteiger partial charge in [-0.05, 0) is 43.7 Å². The van der Waals surface area contributed by atoms with Gasteiger partial charge in [-0.25, -0.2) is 4.98 Å². The number of nitrogens with one attached hydrogen (secondary N) is 1. The van der Waals surface area contributed by atoms with Gasteiger partial charge in [0.2, 0.25) is 5.95 Å². The van der Waals surface area contributed by atoms with E-state index in [1.165, 1.54) is 38.5 Å². The second-order valence-electron chi connectivity index (χ2n) is 6.11. The van der Waals surface area contributed by atoms with Gasteiger partial charge in [-0.1, -0.05) is 38.0 Å². The van der Waals surface area contributed by atoms with Crippen molar-refractivity contribution in [2.24, 2.45) is 5.92 Å². The Labute approximate surface area is 127 Å². The van der Waals surface area contributed by atoms with Crippen molar-refractivity contribution in [1.82, 2.24) is 9.55 Å². The van der Waals surface area contributed by atoms with Crippen molar-refractivity contribution in [3.63, 3.8) is 0 Å². The first-order chi connectivity index (χ1) is 10.4. The molecule has 0 bridgehead atoms. The van der Waals surface area contributed by atoms with Gasteiger partial charge in [-0.15, -0.1) is 0 Å². The predicted molar refractivity (Wildman–Crippen MR) is 87.9 cm³/mol. The van der Waals surface area contributed by atoms with Gasteiger partial charge in [-0.2, -0.15) is 0 Å². The molecular formula is C18H25N3. The van der Waals surface area contributed by atoms with Crippen molar-refractivity contribution >= 4 is 11.6 Å². The summed E-state index contributed by atoms with van der Waals surface area (Å²) in [6.45, 7) is 2.30. The van der Waals surface area contributed by atoms with Crippen LogP contribution < -0.4 is 5.32 Å². The molecule has 1 aliphatic rings. The van der Waals surface area contributed by atoms with Gasteiger partial charge >= 0.3 is 0 Å². The molecule has 2 aromatic rings. The lowest BCUT2D eigenvalue weighted by Gasteiger charge is -2.30. The van der Waals surface area contributed by atoms with Crippen LogP contribution in [-0.4, -0.2) is 9.55 Å². The summed E-state index contributed by atoms with van der Waals surface area (Å²) in [7, 11) is 0. The van der Waals surface area contributed by atoms with Crippen molar-refractivity contribution in [2.75, 3.05) is 5.32 Å². The van der Waals surface area contributed by atoms with Gasteiger partial charge in [0.05, 0.1) is 0 Å². The Kier molecular flexibility index (Phi) is 4.59. The summed E-state index contributed by atoms with van der Waals surface area (Å²) in [6, 6.07) is 10.9. The van der Waals surface area contributed by atoms with Crippen LogP contribution in [0.5, 0.6) is 0 Å². The molecule has 3 nitrogen and oxygen atoms in total. The van der Waals surface area contributed by atoms with E-state index in [1.54, 1.807) is 0 Å². The number of hydrogen-bond acceptors (Lipinski definition) is 2. The second kappa shape index (κ2) is 6.79. The Bertz CT molecular complexity index is 539. The summed E-state index contributed by atoms with van der Waals surface area (Å²) >= 11 is 0. The molecule has 1 N–H and O–H groups in total. The van der Waals surface area contributed by atoms with Crippen molar-refractivity contribution < 1.29 is 0 Å². The highest BCUT2D eigenvalue weighted by Gasteiger charge is 2.23. The number of benzene rings is 1. The van der Waals surface area contributed by atoms with Crippen molar-refractivity contribution in [3.05, 3.63) is 42.7 Å². The summed E-state index contributed by atoms with van der Waals surface area (Å²) in [5.74, 6) is 1.92. The lowest BCUT2D eigenvalue weighted by Crippen LogP contribution is -2.19. The van der Waals surface area contributed by atoms with Crippen LogP contribution in [0.15, 0.2) is 42.7 Å². The minimum Gasteiger partial charge on any atom is -0.326 e. The lowest BCUT2D eigenvalue weighted by molar-refractivity contribution is 0.264. The van der Waals surface area contributed by atoms with E-state index in [2.05, 4.69) is 40.1 Å². The molecule has 1 heterocycles. The highest BCUT2D eigenvalue weighted by molar-refractivity contribution is 5.53. The first kappa shape index (κ1) is 14.2. The molecule has 112 valence electrons. The normalized spacial score (nSPS) is 22.1. The van der Waals surface area contributed by atoms with E-state index in [1.807, 2.05) is 24.4 Å². The van der Waals surface area contributed by atoms with Gasteiger partial charge in [0, 0.05) is 24.1 Å². The third-order valence-electron chi connectivity index (χ3n) is 4.61. The number of rotatable bonds is 5. The second-order valence-corrected chi connectivity index (χ2v) is 6.11. The quantitative estimate of drug-likeness (QED) is 0.821.